The maximum Gasteiger partial charge on any atom is 0.573 e. The molecule has 1 aromatic heterocycles. The zero-order valence-corrected chi connectivity index (χ0v) is 22.2. The molecule has 0 saturated heterocycles. The van der Waals surface area contributed by atoms with Crippen molar-refractivity contribution in [3.8, 4) is 5.75 Å². The number of nitrogens with two attached hydrogens (primary N) is 1. The van der Waals surface area contributed by atoms with E-state index in [4.69, 9.17) is 22.1 Å². The number of alkyl halides is 3. The Hall–Kier alpha value is -4.31. The van der Waals surface area contributed by atoms with Gasteiger partial charge >= 0.3 is 6.36 Å². The first kappa shape index (κ1) is 28.7. The Kier molecular flexibility index (Phi) is 7.93. The molecule has 7 nitrogen and oxygen atoms in total. The topological polar surface area (TPSA) is 101 Å². The van der Waals surface area contributed by atoms with E-state index in [2.05, 4.69) is 4.74 Å². The number of aromatic nitrogens is 1. The molecule has 0 aliphatic heterocycles. The predicted octanol–water partition coefficient (Wildman–Crippen LogP) is 5.74. The molecule has 0 fully saturated rings. The quantitative estimate of drug-likeness (QED) is 0.193. The van der Waals surface area contributed by atoms with Crippen molar-refractivity contribution < 1.29 is 37.0 Å². The summed E-state index contributed by atoms with van der Waals surface area (Å²) in [5.41, 5.74) is 6.78. The molecule has 0 aliphatic carbocycles. The van der Waals surface area contributed by atoms with Crippen LogP contribution < -0.4 is 10.5 Å². The highest BCUT2D eigenvalue weighted by atomic mass is 35.5. The minimum atomic E-state index is -4.90. The van der Waals surface area contributed by atoms with Crippen LogP contribution in [0.2, 0.25) is 5.02 Å². The lowest BCUT2D eigenvalue weighted by molar-refractivity contribution is -0.274. The smallest absolute Gasteiger partial charge is 0.451 e. The highest BCUT2D eigenvalue weighted by Crippen LogP contribution is 2.34. The normalized spacial score (nSPS) is 13.1. The van der Waals surface area contributed by atoms with Gasteiger partial charge < -0.3 is 19.8 Å². The van der Waals surface area contributed by atoms with Crippen molar-refractivity contribution in [2.75, 3.05) is 0 Å². The molecule has 1 amide bonds. The summed E-state index contributed by atoms with van der Waals surface area (Å²) in [6.45, 7) is 3.43. The fourth-order valence-electron chi connectivity index (χ4n) is 4.59. The van der Waals surface area contributed by atoms with Gasteiger partial charge in [0, 0.05) is 40.7 Å². The highest BCUT2D eigenvalue weighted by molar-refractivity contribution is 6.30. The number of benzene rings is 3. The van der Waals surface area contributed by atoms with Gasteiger partial charge in [0.2, 0.25) is 0 Å². The summed E-state index contributed by atoms with van der Waals surface area (Å²) in [4.78, 5) is 36.4. The lowest BCUT2D eigenvalue weighted by atomic mass is 9.94. The van der Waals surface area contributed by atoms with Crippen LogP contribution in [0.3, 0.4) is 0 Å². The molecule has 4 rings (SSSR count). The second-order valence-corrected chi connectivity index (χ2v) is 9.85. The maximum atomic E-state index is 13.6. The van der Waals surface area contributed by atoms with Gasteiger partial charge in [0.1, 0.15) is 5.75 Å². The summed E-state index contributed by atoms with van der Waals surface area (Å²) >= 11 is 5.97. The third-order valence-corrected chi connectivity index (χ3v) is 6.82. The molecular weight excluding hydrogens is 549 g/mol. The van der Waals surface area contributed by atoms with E-state index < -0.39 is 23.6 Å². The number of rotatable bonds is 10. The zero-order chi connectivity index (χ0) is 29.2. The Bertz CT molecular complexity index is 1600. The van der Waals surface area contributed by atoms with Gasteiger partial charge in [-0.15, -0.1) is 13.2 Å². The van der Waals surface area contributed by atoms with Gasteiger partial charge in [-0.2, -0.15) is 0 Å². The van der Waals surface area contributed by atoms with E-state index >= 15 is 0 Å². The van der Waals surface area contributed by atoms with Gasteiger partial charge in [-0.3, -0.25) is 14.4 Å². The van der Waals surface area contributed by atoms with Crippen molar-refractivity contribution in [2.24, 2.45) is 5.73 Å². The van der Waals surface area contributed by atoms with Crippen LogP contribution in [0.1, 0.15) is 39.7 Å². The van der Waals surface area contributed by atoms with Gasteiger partial charge in [-0.05, 0) is 61.4 Å². The number of amides is 1. The first-order valence-corrected chi connectivity index (χ1v) is 12.4. The summed E-state index contributed by atoms with van der Waals surface area (Å²) in [5.74, 6) is -1.57. The van der Waals surface area contributed by atoms with E-state index in [1.165, 1.54) is 19.1 Å². The molecule has 40 heavy (non-hydrogen) atoms. The van der Waals surface area contributed by atoms with E-state index in [9.17, 15) is 27.6 Å². The molecule has 11 heteroatoms. The monoisotopic (exact) mass is 572 g/mol. The number of hydrogen-bond donors (Lipinski definition) is 1. The summed E-state index contributed by atoms with van der Waals surface area (Å²) < 4.78 is 49.8. The molecule has 0 saturated carbocycles. The van der Waals surface area contributed by atoms with Crippen molar-refractivity contribution in [2.45, 2.75) is 38.8 Å². The van der Waals surface area contributed by atoms with E-state index in [0.717, 1.165) is 6.07 Å². The lowest BCUT2D eigenvalue weighted by Crippen LogP contribution is -2.45. The second kappa shape index (κ2) is 11.1. The van der Waals surface area contributed by atoms with Crippen LogP contribution in [0.15, 0.2) is 66.7 Å². The molecule has 0 bridgehead atoms. The van der Waals surface area contributed by atoms with Crippen molar-refractivity contribution in [3.63, 3.8) is 0 Å². The number of nitrogens with zero attached hydrogens (tertiary/aromatic N) is 1. The number of ether oxygens (including phenoxy) is 2. The molecular formula is C29H24ClF3N2O5. The molecule has 0 unspecified atom stereocenters. The van der Waals surface area contributed by atoms with Crippen molar-refractivity contribution in [1.29, 1.82) is 0 Å². The third kappa shape index (κ3) is 6.12. The number of primary amides is 1. The van der Waals surface area contributed by atoms with Gasteiger partial charge in [-0.25, -0.2) is 0 Å². The SMILES string of the molecule is Cc1c(C(=O)c2ccc(Cl)cc2)c2ccc(OC(F)(F)F)cc2n1Cc1cccc(C[C@@](C)(OC=O)C(N)=O)c1. The average molecular weight is 573 g/mol. The standard InChI is InChI=1S/C29H24ClF3N2O5/c1-17-25(26(37)20-6-8-21(30)9-7-20)23-11-10-22(40-29(31,32)33)13-24(23)35(17)15-19-5-3-4-18(12-19)14-28(2,27(34)38)39-16-36/h3-13,16H,14-15H2,1-2H3,(H2,34,38)/t28-/m1/s1. The molecule has 0 spiro atoms. The molecule has 0 aliphatic rings. The van der Waals surface area contributed by atoms with E-state index in [1.54, 1.807) is 60.0 Å². The van der Waals surface area contributed by atoms with Crippen LogP contribution >= 0.6 is 11.6 Å². The molecule has 1 heterocycles. The largest absolute Gasteiger partial charge is 0.573 e. The number of hydrogen-bond acceptors (Lipinski definition) is 5. The van der Waals surface area contributed by atoms with Crippen LogP contribution in [-0.4, -0.2) is 34.7 Å². The third-order valence-electron chi connectivity index (χ3n) is 6.57. The van der Waals surface area contributed by atoms with Crippen molar-refractivity contribution in [3.05, 3.63) is 99.7 Å². The number of fused-ring (bicyclic) bond motifs is 1. The molecule has 3 aromatic carbocycles. The highest BCUT2D eigenvalue weighted by Gasteiger charge is 2.34. The van der Waals surface area contributed by atoms with Crippen LogP contribution in [0.4, 0.5) is 13.2 Å². The Morgan fingerprint density at radius 1 is 1.02 bits per heavy atom. The number of carbonyl (C=O) groups is 3. The minimum absolute atomic E-state index is 0.00416. The molecule has 4 aromatic rings. The van der Waals surface area contributed by atoms with E-state index in [1.807, 2.05) is 0 Å². The first-order chi connectivity index (χ1) is 18.8. The predicted molar refractivity (Wildman–Crippen MR) is 142 cm³/mol. The van der Waals surface area contributed by atoms with Crippen molar-refractivity contribution in [1.82, 2.24) is 4.57 Å². The number of carbonyl (C=O) groups excluding carboxylic acids is 3. The summed E-state index contributed by atoms with van der Waals surface area (Å²) in [7, 11) is 0. The van der Waals surface area contributed by atoms with E-state index in [-0.39, 0.29) is 25.2 Å². The van der Waals surface area contributed by atoms with Crippen LogP contribution in [0, 0.1) is 6.92 Å². The van der Waals surface area contributed by atoms with Crippen molar-refractivity contribution >= 4 is 40.7 Å². The fraction of sp³-hybridized carbons (Fsp3) is 0.207. The average Bonchev–Trinajstić information content (AvgIpc) is 3.14. The second-order valence-electron chi connectivity index (χ2n) is 9.42. The van der Waals surface area contributed by atoms with Gasteiger partial charge in [0.15, 0.2) is 11.4 Å². The lowest BCUT2D eigenvalue weighted by Gasteiger charge is -2.24. The molecule has 0 radical (unpaired) electrons. The summed E-state index contributed by atoms with van der Waals surface area (Å²) in [5, 5.41) is 0.902. The Balaban J connectivity index is 1.80. The number of halogens is 4. The summed E-state index contributed by atoms with van der Waals surface area (Å²) in [6.07, 6.45) is -4.89. The van der Waals surface area contributed by atoms with Gasteiger partial charge in [-0.1, -0.05) is 35.9 Å². The zero-order valence-electron chi connectivity index (χ0n) is 21.4. The molecule has 1 atom stereocenters. The Labute approximate surface area is 232 Å². The van der Waals surface area contributed by atoms with E-state index in [0.29, 0.717) is 43.9 Å². The van der Waals surface area contributed by atoms with Crippen LogP contribution in [0.5, 0.6) is 5.75 Å². The van der Waals surface area contributed by atoms with Crippen LogP contribution in [0.25, 0.3) is 10.9 Å². The summed E-state index contributed by atoms with van der Waals surface area (Å²) in [6, 6.07) is 17.1. The Morgan fingerprint density at radius 3 is 2.33 bits per heavy atom. The van der Waals surface area contributed by atoms with Crippen LogP contribution in [-0.2, 0) is 27.3 Å². The fourth-order valence-corrected chi connectivity index (χ4v) is 4.72. The minimum Gasteiger partial charge on any atom is -0.451 e. The maximum absolute atomic E-state index is 13.6. The van der Waals surface area contributed by atoms with Gasteiger partial charge in [0.25, 0.3) is 12.4 Å². The molecule has 208 valence electrons. The Morgan fingerprint density at radius 2 is 1.70 bits per heavy atom. The van der Waals surface area contributed by atoms with Gasteiger partial charge in [0.05, 0.1) is 11.1 Å². The first-order valence-electron chi connectivity index (χ1n) is 12.0. The molecule has 2 N–H and O–H groups in total. The number of ketones is 1.